The number of sulfonamides is 1. The summed E-state index contributed by atoms with van der Waals surface area (Å²) in [5, 5.41) is 10.2. The highest BCUT2D eigenvalue weighted by Crippen LogP contribution is 2.38. The lowest BCUT2D eigenvalue weighted by molar-refractivity contribution is 0.403. The molecule has 4 rings (SSSR count). The summed E-state index contributed by atoms with van der Waals surface area (Å²) in [4.78, 5) is 8.36. The molecule has 7 nitrogen and oxygen atoms in total. The molecule has 1 aliphatic rings. The van der Waals surface area contributed by atoms with Crippen LogP contribution >= 0.6 is 11.6 Å². The average molecular weight is 401 g/mol. The summed E-state index contributed by atoms with van der Waals surface area (Å²) in [6, 6.07) is 8.37. The fourth-order valence-corrected chi connectivity index (χ4v) is 5.25. The van der Waals surface area contributed by atoms with E-state index in [0.29, 0.717) is 40.0 Å². The Morgan fingerprint density at radius 1 is 1.30 bits per heavy atom. The molecule has 2 aromatic heterocycles. The van der Waals surface area contributed by atoms with E-state index >= 15 is 0 Å². The van der Waals surface area contributed by atoms with Gasteiger partial charge in [0.2, 0.25) is 5.88 Å². The van der Waals surface area contributed by atoms with Crippen molar-refractivity contribution in [3.63, 3.8) is 0 Å². The molecule has 0 bridgehead atoms. The molecule has 3 aromatic rings. The molecule has 27 heavy (non-hydrogen) atoms. The lowest BCUT2D eigenvalue weighted by atomic mass is 10.2. The van der Waals surface area contributed by atoms with E-state index in [-0.39, 0.29) is 16.5 Å². The highest BCUT2D eigenvalue weighted by Gasteiger charge is 2.33. The number of halogens is 1. The number of nitrogens with zero attached hydrogens (tertiary/aromatic N) is 4. The molecule has 3 heterocycles. The second kappa shape index (κ2) is 6.37. The van der Waals surface area contributed by atoms with Crippen LogP contribution in [0.25, 0.3) is 10.8 Å². The van der Waals surface area contributed by atoms with Crippen molar-refractivity contribution in [2.75, 3.05) is 18.0 Å². The van der Waals surface area contributed by atoms with Gasteiger partial charge in [-0.05, 0) is 18.2 Å². The van der Waals surface area contributed by atoms with Crippen molar-refractivity contribution in [2.45, 2.75) is 11.3 Å². The highest BCUT2D eigenvalue weighted by atomic mass is 35.5. The van der Waals surface area contributed by atoms with Gasteiger partial charge >= 0.3 is 0 Å². The second-order valence-electron chi connectivity index (χ2n) is 5.92. The molecule has 0 unspecified atom stereocenters. The minimum Gasteiger partial charge on any atom is -0.481 e. The van der Waals surface area contributed by atoms with E-state index in [2.05, 4.69) is 9.97 Å². The number of ether oxygens (including phenoxy) is 1. The Kier molecular flexibility index (Phi) is 4.13. The minimum absolute atomic E-state index is 0.0564. The second-order valence-corrected chi connectivity index (χ2v) is 8.16. The van der Waals surface area contributed by atoms with E-state index in [9.17, 15) is 8.42 Å². The monoisotopic (exact) mass is 400 g/mol. The van der Waals surface area contributed by atoms with Crippen LogP contribution in [-0.2, 0) is 16.4 Å². The molecule has 1 aliphatic heterocycles. The van der Waals surface area contributed by atoms with E-state index in [4.69, 9.17) is 21.6 Å². The quantitative estimate of drug-likeness (QED) is 0.670. The van der Waals surface area contributed by atoms with Gasteiger partial charge in [-0.1, -0.05) is 17.7 Å². The lowest BCUT2D eigenvalue weighted by Gasteiger charge is -2.21. The zero-order valence-electron chi connectivity index (χ0n) is 14.2. The van der Waals surface area contributed by atoms with Crippen LogP contribution < -0.4 is 9.04 Å². The van der Waals surface area contributed by atoms with Crippen molar-refractivity contribution < 1.29 is 13.2 Å². The first kappa shape index (κ1) is 17.5. The summed E-state index contributed by atoms with van der Waals surface area (Å²) in [5.74, 6) is 0.293. The molecule has 0 N–H and O–H groups in total. The number of hydrogen-bond donors (Lipinski definition) is 0. The Hall–Kier alpha value is -2.89. The molecule has 0 saturated carbocycles. The first-order valence-corrected chi connectivity index (χ1v) is 9.82. The van der Waals surface area contributed by atoms with E-state index in [1.807, 2.05) is 6.07 Å². The summed E-state index contributed by atoms with van der Waals surface area (Å²) in [7, 11) is -2.47. The predicted octanol–water partition coefficient (Wildman–Crippen LogP) is 2.91. The van der Waals surface area contributed by atoms with Crippen LogP contribution in [0.3, 0.4) is 0 Å². The Labute approximate surface area is 160 Å². The Morgan fingerprint density at radius 3 is 2.85 bits per heavy atom. The van der Waals surface area contributed by atoms with Gasteiger partial charge < -0.3 is 4.74 Å². The number of benzene rings is 1. The number of hydrogen-bond acceptors (Lipinski definition) is 6. The molecule has 0 radical (unpaired) electrons. The van der Waals surface area contributed by atoms with E-state index in [1.165, 1.54) is 29.9 Å². The van der Waals surface area contributed by atoms with Gasteiger partial charge in [-0.3, -0.25) is 9.29 Å². The Bertz CT molecular complexity index is 1220. The van der Waals surface area contributed by atoms with Crippen LogP contribution in [0.5, 0.6) is 5.88 Å². The van der Waals surface area contributed by atoms with E-state index in [1.54, 1.807) is 18.2 Å². The smallest absolute Gasteiger partial charge is 0.265 e. The first-order valence-electron chi connectivity index (χ1n) is 8.00. The number of fused-ring (bicyclic) bond motifs is 2. The van der Waals surface area contributed by atoms with Crippen molar-refractivity contribution in [1.29, 1.82) is 5.26 Å². The summed E-state index contributed by atoms with van der Waals surface area (Å²) >= 11 is 6.30. The van der Waals surface area contributed by atoms with Crippen LogP contribution in [0.1, 0.15) is 11.3 Å². The molecule has 0 saturated heterocycles. The maximum absolute atomic E-state index is 13.5. The fourth-order valence-electron chi connectivity index (χ4n) is 3.23. The largest absolute Gasteiger partial charge is 0.481 e. The zero-order chi connectivity index (χ0) is 19.2. The normalized spacial score (nSPS) is 13.4. The van der Waals surface area contributed by atoms with E-state index in [0.717, 1.165) is 0 Å². The molecule has 0 aliphatic carbocycles. The summed E-state index contributed by atoms with van der Waals surface area (Å²) in [6.07, 6.45) is 3.29. The molecule has 0 fully saturated rings. The predicted molar refractivity (Wildman–Crippen MR) is 100 cm³/mol. The van der Waals surface area contributed by atoms with Gasteiger partial charge in [0.15, 0.2) is 0 Å². The van der Waals surface area contributed by atoms with Gasteiger partial charge in [0.25, 0.3) is 10.0 Å². The number of nitriles is 1. The van der Waals surface area contributed by atoms with Crippen molar-refractivity contribution in [3.8, 4) is 11.9 Å². The average Bonchev–Trinajstić information content (AvgIpc) is 3.11. The molecule has 136 valence electrons. The summed E-state index contributed by atoms with van der Waals surface area (Å²) < 4.78 is 33.4. The summed E-state index contributed by atoms with van der Waals surface area (Å²) in [6.45, 7) is 0.246. The number of aromatic nitrogens is 2. The molecule has 9 heteroatoms. The topological polar surface area (TPSA) is 96.2 Å². The van der Waals surface area contributed by atoms with Crippen LogP contribution in [0.15, 0.2) is 41.6 Å². The number of anilines is 1. The van der Waals surface area contributed by atoms with Crippen LogP contribution in [0.4, 0.5) is 5.69 Å². The zero-order valence-corrected chi connectivity index (χ0v) is 15.8. The van der Waals surface area contributed by atoms with Gasteiger partial charge in [-0.2, -0.15) is 5.26 Å². The molecule has 0 amide bonds. The van der Waals surface area contributed by atoms with Crippen LogP contribution in [0, 0.1) is 11.3 Å². The maximum atomic E-state index is 13.5. The van der Waals surface area contributed by atoms with Gasteiger partial charge in [0, 0.05) is 29.9 Å². The third-order valence-electron chi connectivity index (χ3n) is 4.45. The fraction of sp³-hybridized carbons (Fsp3) is 0.167. The van der Waals surface area contributed by atoms with Crippen LogP contribution in [0.2, 0.25) is 5.02 Å². The van der Waals surface area contributed by atoms with Crippen molar-refractivity contribution in [3.05, 3.63) is 52.9 Å². The SMILES string of the molecule is COc1ncc(Cl)c2c(S(=O)(=O)N3CCc4ncc(C#N)cc43)cccc12. The molecular weight excluding hydrogens is 388 g/mol. The van der Waals surface area contributed by atoms with Gasteiger partial charge in [-0.25, -0.2) is 13.4 Å². The Morgan fingerprint density at radius 2 is 2.11 bits per heavy atom. The van der Waals surface area contributed by atoms with Gasteiger partial charge in [-0.15, -0.1) is 0 Å². The molecule has 0 spiro atoms. The third kappa shape index (κ3) is 2.67. The third-order valence-corrected chi connectivity index (χ3v) is 6.59. The van der Waals surface area contributed by atoms with Crippen LogP contribution in [-0.4, -0.2) is 32.0 Å². The van der Waals surface area contributed by atoms with Gasteiger partial charge in [0.05, 0.1) is 40.2 Å². The highest BCUT2D eigenvalue weighted by molar-refractivity contribution is 7.93. The van der Waals surface area contributed by atoms with E-state index < -0.39 is 10.0 Å². The first-order chi connectivity index (χ1) is 13.0. The summed E-state index contributed by atoms with van der Waals surface area (Å²) in [5.41, 5.74) is 1.36. The molecule has 1 aromatic carbocycles. The molecule has 0 atom stereocenters. The standard InChI is InChI=1S/C18H13ClN4O3S/c1-26-18-12-3-2-4-16(17(12)13(19)10-22-18)27(24,25)23-6-5-14-15(23)7-11(8-20)9-21-14/h2-4,7,9-10H,5-6H2,1H3. The van der Waals surface area contributed by atoms with Crippen molar-refractivity contribution in [1.82, 2.24) is 9.97 Å². The maximum Gasteiger partial charge on any atom is 0.265 e. The van der Waals surface area contributed by atoms with Crippen molar-refractivity contribution in [2.24, 2.45) is 0 Å². The molecular formula is C18H13ClN4O3S. The Balaban J connectivity index is 1.95. The van der Waals surface area contributed by atoms with Gasteiger partial charge in [0.1, 0.15) is 6.07 Å². The van der Waals surface area contributed by atoms with Crippen molar-refractivity contribution >= 4 is 38.1 Å². The number of rotatable bonds is 3. The number of methoxy groups -OCH3 is 1. The lowest BCUT2D eigenvalue weighted by Crippen LogP contribution is -2.29. The minimum atomic E-state index is -3.94. The number of pyridine rings is 2.